The molecule has 2 aliphatic carbocycles. The summed E-state index contributed by atoms with van der Waals surface area (Å²) >= 11 is 0. The Morgan fingerprint density at radius 2 is 2.20 bits per heavy atom. The van der Waals surface area contributed by atoms with Gasteiger partial charge in [-0.2, -0.15) is 0 Å². The van der Waals surface area contributed by atoms with Crippen LogP contribution in [-0.2, 0) is 9.53 Å². The maximum absolute atomic E-state index is 11.4. The first kappa shape index (κ1) is 15.7. The van der Waals surface area contributed by atoms with E-state index in [1.54, 1.807) is 7.11 Å². The van der Waals surface area contributed by atoms with E-state index in [1.165, 1.54) is 12.8 Å². The van der Waals surface area contributed by atoms with Gasteiger partial charge in [0.2, 0.25) is 0 Å². The van der Waals surface area contributed by atoms with Crippen molar-refractivity contribution >= 4 is 5.97 Å². The molecule has 0 saturated heterocycles. The molecule has 0 aromatic carbocycles. The van der Waals surface area contributed by atoms with Crippen molar-refractivity contribution in [3.05, 3.63) is 0 Å². The van der Waals surface area contributed by atoms with Gasteiger partial charge in [-0.05, 0) is 51.4 Å². The topological polar surface area (TPSA) is 75.8 Å². The number of carboxylic acid groups (broad SMARTS) is 1. The Morgan fingerprint density at radius 1 is 1.50 bits per heavy atom. The highest BCUT2D eigenvalue weighted by Crippen LogP contribution is 2.38. The number of rotatable bonds is 7. The van der Waals surface area contributed by atoms with E-state index < -0.39 is 11.5 Å². The van der Waals surface area contributed by atoms with Gasteiger partial charge in [-0.15, -0.1) is 0 Å². The molecule has 5 nitrogen and oxygen atoms in total. The predicted molar refractivity (Wildman–Crippen MR) is 77.6 cm³/mol. The molecule has 5 heteroatoms. The van der Waals surface area contributed by atoms with Crippen LogP contribution in [-0.4, -0.2) is 53.9 Å². The largest absolute Gasteiger partial charge is 0.480 e. The number of ether oxygens (including phenoxy) is 1. The molecule has 0 bridgehead atoms. The van der Waals surface area contributed by atoms with Gasteiger partial charge in [0.05, 0.1) is 6.61 Å². The Hall–Kier alpha value is -0.650. The maximum atomic E-state index is 11.4. The molecule has 0 aromatic heterocycles. The molecule has 116 valence electrons. The van der Waals surface area contributed by atoms with Crippen molar-refractivity contribution in [3.8, 4) is 0 Å². The first-order chi connectivity index (χ1) is 9.48. The fourth-order valence-electron chi connectivity index (χ4n) is 3.52. The van der Waals surface area contributed by atoms with Crippen molar-refractivity contribution in [3.63, 3.8) is 0 Å². The summed E-state index contributed by atoms with van der Waals surface area (Å²) in [4.78, 5) is 13.9. The van der Waals surface area contributed by atoms with E-state index >= 15 is 0 Å². The third-order valence-corrected chi connectivity index (χ3v) is 5.04. The van der Waals surface area contributed by atoms with Crippen LogP contribution in [0, 0.1) is 5.92 Å². The number of nitrogens with zero attached hydrogens (tertiary/aromatic N) is 1. The zero-order valence-electron chi connectivity index (χ0n) is 12.7. The van der Waals surface area contributed by atoms with Crippen LogP contribution in [0.3, 0.4) is 0 Å². The van der Waals surface area contributed by atoms with Crippen LogP contribution in [0.5, 0.6) is 0 Å². The first-order valence-corrected chi connectivity index (χ1v) is 7.75. The number of methoxy groups -OCH3 is 1. The van der Waals surface area contributed by atoms with Crippen molar-refractivity contribution in [2.75, 3.05) is 20.3 Å². The monoisotopic (exact) mass is 284 g/mol. The molecule has 0 amide bonds. The van der Waals surface area contributed by atoms with E-state index in [-0.39, 0.29) is 6.04 Å². The number of hydrogen-bond donors (Lipinski definition) is 2. The minimum absolute atomic E-state index is 0.274. The van der Waals surface area contributed by atoms with Crippen LogP contribution < -0.4 is 5.73 Å². The Labute approximate surface area is 121 Å². The summed E-state index contributed by atoms with van der Waals surface area (Å²) in [7, 11) is 1.71. The van der Waals surface area contributed by atoms with Crippen LogP contribution in [0.4, 0.5) is 0 Å². The second-order valence-corrected chi connectivity index (χ2v) is 6.52. The molecule has 0 spiro atoms. The minimum Gasteiger partial charge on any atom is -0.480 e. The van der Waals surface area contributed by atoms with Gasteiger partial charge in [-0.1, -0.05) is 0 Å². The molecule has 0 aromatic rings. The molecule has 2 saturated carbocycles. The zero-order chi connectivity index (χ0) is 14.8. The number of hydrogen-bond acceptors (Lipinski definition) is 4. The third kappa shape index (κ3) is 3.51. The molecule has 3 unspecified atom stereocenters. The number of carbonyl (C=O) groups is 1. The second kappa shape index (κ2) is 6.41. The highest BCUT2D eigenvalue weighted by atomic mass is 16.5. The van der Waals surface area contributed by atoms with Gasteiger partial charge in [-0.25, -0.2) is 0 Å². The molecule has 0 heterocycles. The van der Waals surface area contributed by atoms with E-state index in [4.69, 9.17) is 10.5 Å². The van der Waals surface area contributed by atoms with Crippen molar-refractivity contribution < 1.29 is 14.6 Å². The quantitative estimate of drug-likeness (QED) is 0.740. The fourth-order valence-corrected chi connectivity index (χ4v) is 3.52. The molecule has 2 rings (SSSR count). The van der Waals surface area contributed by atoms with Crippen LogP contribution in [0.25, 0.3) is 0 Å². The predicted octanol–water partition coefficient (Wildman–Crippen LogP) is 1.46. The number of aliphatic carboxylic acids is 1. The van der Waals surface area contributed by atoms with Gasteiger partial charge in [-0.3, -0.25) is 9.69 Å². The summed E-state index contributed by atoms with van der Waals surface area (Å²) in [6, 6.07) is 0.780. The summed E-state index contributed by atoms with van der Waals surface area (Å²) in [5.74, 6) is -0.0845. The lowest BCUT2D eigenvalue weighted by atomic mass is 9.78. The van der Waals surface area contributed by atoms with Crippen molar-refractivity contribution in [1.82, 2.24) is 4.90 Å². The second-order valence-electron chi connectivity index (χ2n) is 6.52. The summed E-state index contributed by atoms with van der Waals surface area (Å²) in [6.07, 6.45) is 5.69. The Bertz CT molecular complexity index is 346. The van der Waals surface area contributed by atoms with Gasteiger partial charge in [0.15, 0.2) is 0 Å². The molecule has 2 aliphatic rings. The Balaban J connectivity index is 2.04. The van der Waals surface area contributed by atoms with E-state index in [0.717, 1.165) is 25.3 Å². The summed E-state index contributed by atoms with van der Waals surface area (Å²) in [6.45, 7) is 3.83. The average molecular weight is 284 g/mol. The SMILES string of the molecule is COCCN(C1CCCC(N)(C(=O)O)C1)C(C)C1CC1. The standard InChI is InChI=1S/C15H28N2O3/c1-11(12-5-6-12)17(8-9-20-2)13-4-3-7-15(16,10-13)14(18)19/h11-13H,3-10,16H2,1-2H3,(H,18,19). The van der Waals surface area contributed by atoms with Crippen molar-refractivity contribution in [2.24, 2.45) is 11.7 Å². The fraction of sp³-hybridized carbons (Fsp3) is 0.933. The van der Waals surface area contributed by atoms with E-state index in [0.29, 0.717) is 25.5 Å². The van der Waals surface area contributed by atoms with Gasteiger partial charge < -0.3 is 15.6 Å². The minimum atomic E-state index is -1.04. The lowest BCUT2D eigenvalue weighted by Gasteiger charge is -2.43. The van der Waals surface area contributed by atoms with E-state index in [9.17, 15) is 9.90 Å². The Kier molecular flexibility index (Phi) is 5.04. The first-order valence-electron chi connectivity index (χ1n) is 7.75. The Morgan fingerprint density at radius 3 is 2.75 bits per heavy atom. The van der Waals surface area contributed by atoms with Gasteiger partial charge >= 0.3 is 5.97 Å². The van der Waals surface area contributed by atoms with Crippen LogP contribution in [0.2, 0.25) is 0 Å². The molecule has 0 radical (unpaired) electrons. The van der Waals surface area contributed by atoms with E-state index in [1.807, 2.05) is 0 Å². The molecule has 0 aliphatic heterocycles. The van der Waals surface area contributed by atoms with Crippen LogP contribution in [0.1, 0.15) is 45.4 Å². The number of nitrogens with two attached hydrogens (primary N) is 1. The highest BCUT2D eigenvalue weighted by Gasteiger charge is 2.43. The van der Waals surface area contributed by atoms with Crippen molar-refractivity contribution in [1.29, 1.82) is 0 Å². The molecule has 3 N–H and O–H groups in total. The lowest BCUT2D eigenvalue weighted by molar-refractivity contribution is -0.145. The molecular formula is C15H28N2O3. The van der Waals surface area contributed by atoms with Gasteiger partial charge in [0, 0.05) is 25.7 Å². The van der Waals surface area contributed by atoms with E-state index in [2.05, 4.69) is 11.8 Å². The van der Waals surface area contributed by atoms with Crippen LogP contribution >= 0.6 is 0 Å². The summed E-state index contributed by atoms with van der Waals surface area (Å²) in [5.41, 5.74) is 5.05. The maximum Gasteiger partial charge on any atom is 0.323 e. The lowest BCUT2D eigenvalue weighted by Crippen LogP contribution is -2.57. The molecule has 2 fully saturated rings. The van der Waals surface area contributed by atoms with Gasteiger partial charge in [0.25, 0.3) is 0 Å². The normalized spacial score (nSPS) is 32.3. The zero-order valence-corrected chi connectivity index (χ0v) is 12.7. The molecule has 3 atom stereocenters. The van der Waals surface area contributed by atoms with Crippen molar-refractivity contribution in [2.45, 2.75) is 63.1 Å². The smallest absolute Gasteiger partial charge is 0.323 e. The van der Waals surface area contributed by atoms with Crippen LogP contribution in [0.15, 0.2) is 0 Å². The molecule has 20 heavy (non-hydrogen) atoms. The summed E-state index contributed by atoms with van der Waals surface area (Å²) < 4.78 is 5.22. The van der Waals surface area contributed by atoms with Gasteiger partial charge in [0.1, 0.15) is 5.54 Å². The molecular weight excluding hydrogens is 256 g/mol. The summed E-state index contributed by atoms with van der Waals surface area (Å²) in [5, 5.41) is 9.37. The highest BCUT2D eigenvalue weighted by molar-refractivity contribution is 5.78. The number of carboxylic acids is 1. The average Bonchev–Trinajstić information content (AvgIpc) is 3.23. The third-order valence-electron chi connectivity index (χ3n) is 5.04.